The molecule has 1 spiro atoms. The minimum atomic E-state index is -0.476. The first kappa shape index (κ1) is 36.6. The average Bonchev–Trinajstić information content (AvgIpc) is 3.66. The van der Waals surface area contributed by atoms with Crippen LogP contribution in [0.3, 0.4) is 0 Å². The zero-order chi connectivity index (χ0) is 42.2. The summed E-state index contributed by atoms with van der Waals surface area (Å²) in [7, 11) is 0. The van der Waals surface area contributed by atoms with Gasteiger partial charge < -0.3 is 0 Å². The van der Waals surface area contributed by atoms with Crippen molar-refractivity contribution in [2.45, 2.75) is 15.2 Å². The van der Waals surface area contributed by atoms with Crippen molar-refractivity contribution in [1.82, 2.24) is 19.9 Å². The molecular weight excluding hydrogens is 797 g/mol. The molecule has 2 aromatic heterocycles. The maximum absolute atomic E-state index is 5.47. The van der Waals surface area contributed by atoms with E-state index in [0.717, 1.165) is 55.4 Å². The lowest BCUT2D eigenvalue weighted by atomic mass is 9.67. The molecule has 4 nitrogen and oxygen atoms in total. The van der Waals surface area contributed by atoms with Crippen molar-refractivity contribution in [3.05, 3.63) is 241 Å². The molecule has 1 aliphatic carbocycles. The number of hydrogen-bond donors (Lipinski definition) is 0. The highest BCUT2D eigenvalue weighted by Crippen LogP contribution is 2.62. The largest absolute Gasteiger partial charge is 0.247 e. The molecule has 0 radical (unpaired) electrons. The normalized spacial score (nSPS) is 13.1. The van der Waals surface area contributed by atoms with Gasteiger partial charge in [0.2, 0.25) is 0 Å². The van der Waals surface area contributed by atoms with Crippen molar-refractivity contribution in [3.8, 4) is 67.7 Å². The van der Waals surface area contributed by atoms with Crippen LogP contribution < -0.4 is 0 Å². The highest BCUT2D eigenvalue weighted by atomic mass is 32.2. The second-order valence-corrected chi connectivity index (χ2v) is 17.6. The Morgan fingerprint density at radius 3 is 1.52 bits per heavy atom. The second-order valence-electron chi connectivity index (χ2n) is 16.5. The van der Waals surface area contributed by atoms with E-state index in [9.17, 15) is 0 Å². The Morgan fingerprint density at radius 2 is 0.812 bits per heavy atom. The lowest BCUT2D eigenvalue weighted by molar-refractivity contribution is 0.724. The van der Waals surface area contributed by atoms with Crippen molar-refractivity contribution in [2.75, 3.05) is 0 Å². The van der Waals surface area contributed by atoms with Crippen molar-refractivity contribution < 1.29 is 0 Å². The summed E-state index contributed by atoms with van der Waals surface area (Å²) in [6.45, 7) is 0. The quantitative estimate of drug-likeness (QED) is 0.162. The van der Waals surface area contributed by atoms with Crippen molar-refractivity contribution in [1.29, 1.82) is 0 Å². The number of para-hydroxylation sites is 1. The molecule has 0 amide bonds. The van der Waals surface area contributed by atoms with Crippen LogP contribution in [0.2, 0.25) is 0 Å². The third-order valence-corrected chi connectivity index (χ3v) is 14.1. The summed E-state index contributed by atoms with van der Waals surface area (Å²) < 4.78 is 0. The van der Waals surface area contributed by atoms with Gasteiger partial charge in [-0.3, -0.25) is 0 Å². The number of rotatable bonds is 5. The molecule has 13 rings (SSSR count). The number of pyridine rings is 1. The van der Waals surface area contributed by atoms with Crippen LogP contribution in [-0.2, 0) is 5.41 Å². The Kier molecular flexibility index (Phi) is 8.33. The average molecular weight is 833 g/mol. The monoisotopic (exact) mass is 832 g/mol. The smallest absolute Gasteiger partial charge is 0.164 e. The van der Waals surface area contributed by atoms with E-state index in [1.807, 2.05) is 36.0 Å². The van der Waals surface area contributed by atoms with E-state index in [-0.39, 0.29) is 0 Å². The summed E-state index contributed by atoms with van der Waals surface area (Å²) in [6, 6.07) is 78.0. The number of benzene rings is 9. The molecule has 0 bridgehead atoms. The molecule has 11 aromatic rings. The van der Waals surface area contributed by atoms with E-state index in [1.165, 1.54) is 48.6 Å². The summed E-state index contributed by atoms with van der Waals surface area (Å²) in [5.74, 6) is 1.85. The molecule has 5 heteroatoms. The third-order valence-electron chi connectivity index (χ3n) is 13.0. The number of hydrogen-bond acceptors (Lipinski definition) is 5. The van der Waals surface area contributed by atoms with Gasteiger partial charge in [0, 0.05) is 42.8 Å². The van der Waals surface area contributed by atoms with Gasteiger partial charge in [0.1, 0.15) is 0 Å². The van der Waals surface area contributed by atoms with Crippen molar-refractivity contribution in [3.63, 3.8) is 0 Å². The van der Waals surface area contributed by atoms with Gasteiger partial charge in [-0.05, 0) is 86.3 Å². The van der Waals surface area contributed by atoms with Gasteiger partial charge in [0.05, 0.1) is 16.6 Å². The van der Waals surface area contributed by atoms with E-state index in [1.54, 1.807) is 0 Å². The van der Waals surface area contributed by atoms with Crippen LogP contribution in [0.4, 0.5) is 0 Å². The first-order chi connectivity index (χ1) is 31.7. The first-order valence-electron chi connectivity index (χ1n) is 21.6. The van der Waals surface area contributed by atoms with Crippen LogP contribution in [0.25, 0.3) is 89.4 Å². The van der Waals surface area contributed by atoms with Crippen LogP contribution >= 0.6 is 11.8 Å². The van der Waals surface area contributed by atoms with E-state index < -0.39 is 5.41 Å². The number of aromatic nitrogens is 4. The Hall–Kier alpha value is -7.99. The van der Waals surface area contributed by atoms with Gasteiger partial charge in [-0.1, -0.05) is 194 Å². The molecular formula is C59H36N4S. The SMILES string of the molecule is c1ccc(-c2cccc(-c3nc(-c4ccccc4)nc(-c4cccc(-c5nc6ccccc6c6cc7c(cc56)Sc5ccccc5C75c6ccccc6-c6ccccc65)c4)n3)c2)cc1. The van der Waals surface area contributed by atoms with E-state index in [4.69, 9.17) is 19.9 Å². The Balaban J connectivity index is 1.02. The summed E-state index contributed by atoms with van der Waals surface area (Å²) in [5, 5.41) is 3.42. The van der Waals surface area contributed by atoms with Crippen LogP contribution in [0, 0.1) is 0 Å². The molecule has 9 aromatic carbocycles. The maximum Gasteiger partial charge on any atom is 0.164 e. The van der Waals surface area contributed by atoms with Crippen molar-refractivity contribution >= 4 is 33.4 Å². The summed E-state index contributed by atoms with van der Waals surface area (Å²) >= 11 is 1.86. The molecule has 64 heavy (non-hydrogen) atoms. The van der Waals surface area contributed by atoms with E-state index in [0.29, 0.717) is 17.5 Å². The van der Waals surface area contributed by atoms with Gasteiger partial charge in [0.25, 0.3) is 0 Å². The fraction of sp³-hybridized carbons (Fsp3) is 0.0169. The number of nitrogens with zero attached hydrogens (tertiary/aromatic N) is 4. The molecule has 0 atom stereocenters. The van der Waals surface area contributed by atoms with Crippen LogP contribution in [0.15, 0.2) is 228 Å². The fourth-order valence-corrected chi connectivity index (χ4v) is 11.4. The van der Waals surface area contributed by atoms with Gasteiger partial charge >= 0.3 is 0 Å². The minimum Gasteiger partial charge on any atom is -0.247 e. The standard InChI is InChI=1S/C59H36N4S/c1-3-17-37(18-4-1)39-21-15-23-41(33-39)57-61-56(38-19-5-2-6-20-38)62-58(63-57)42-24-16-22-40(34-42)55-47-36-54-51(35-46(47)45-27-9-13-31-52(45)60-55)59(50-30-12-14-32-53(50)64-54)48-28-10-7-25-43(48)44-26-8-11-29-49(44)59/h1-36H. The highest BCUT2D eigenvalue weighted by molar-refractivity contribution is 7.99. The van der Waals surface area contributed by atoms with E-state index >= 15 is 0 Å². The molecule has 0 fully saturated rings. The predicted molar refractivity (Wildman–Crippen MR) is 261 cm³/mol. The highest BCUT2D eigenvalue weighted by Gasteiger charge is 2.50. The molecule has 1 aliphatic heterocycles. The van der Waals surface area contributed by atoms with Crippen molar-refractivity contribution in [2.24, 2.45) is 0 Å². The fourth-order valence-electron chi connectivity index (χ4n) is 10.1. The summed E-state index contributed by atoms with van der Waals surface area (Å²) in [5.41, 5.74) is 15.3. The van der Waals surface area contributed by atoms with Gasteiger partial charge in [0.15, 0.2) is 17.5 Å². The lowest BCUT2D eigenvalue weighted by Gasteiger charge is -2.40. The third kappa shape index (κ3) is 5.64. The first-order valence-corrected chi connectivity index (χ1v) is 22.4. The molecule has 2 aliphatic rings. The molecule has 0 unspecified atom stereocenters. The van der Waals surface area contributed by atoms with E-state index in [2.05, 4.69) is 194 Å². The van der Waals surface area contributed by atoms with Crippen LogP contribution in [0.1, 0.15) is 22.3 Å². The zero-order valence-electron chi connectivity index (χ0n) is 34.5. The van der Waals surface area contributed by atoms with Gasteiger partial charge in [-0.2, -0.15) is 0 Å². The molecule has 3 heterocycles. The summed E-state index contributed by atoms with van der Waals surface area (Å²) in [4.78, 5) is 23.4. The Labute approximate surface area is 375 Å². The predicted octanol–water partition coefficient (Wildman–Crippen LogP) is 14.7. The van der Waals surface area contributed by atoms with Crippen LogP contribution in [-0.4, -0.2) is 19.9 Å². The van der Waals surface area contributed by atoms with Gasteiger partial charge in [-0.15, -0.1) is 0 Å². The summed E-state index contributed by atoms with van der Waals surface area (Å²) in [6.07, 6.45) is 0. The number of fused-ring (bicyclic) bond motifs is 12. The lowest BCUT2D eigenvalue weighted by Crippen LogP contribution is -2.32. The minimum absolute atomic E-state index is 0.476. The van der Waals surface area contributed by atoms with Crippen LogP contribution in [0.5, 0.6) is 0 Å². The Morgan fingerprint density at radius 1 is 0.297 bits per heavy atom. The molecule has 0 N–H and O–H groups in total. The second kappa shape index (κ2) is 14.6. The topological polar surface area (TPSA) is 51.6 Å². The molecule has 298 valence electrons. The zero-order valence-corrected chi connectivity index (χ0v) is 35.3. The maximum atomic E-state index is 5.47. The molecule has 0 saturated heterocycles. The van der Waals surface area contributed by atoms with Gasteiger partial charge in [-0.25, -0.2) is 19.9 Å². The molecule has 0 saturated carbocycles. The Bertz CT molecular complexity index is 3610.